The SMILES string of the molecule is NC(=O)NC(=O)CCSc1nnnn1Cc1cccs1. The highest BCUT2D eigenvalue weighted by Gasteiger charge is 2.10. The monoisotopic (exact) mass is 312 g/mol. The molecule has 0 aliphatic heterocycles. The molecule has 3 amide bonds. The van der Waals surface area contributed by atoms with Gasteiger partial charge in [-0.25, -0.2) is 9.48 Å². The molecule has 10 heteroatoms. The molecular weight excluding hydrogens is 300 g/mol. The zero-order chi connectivity index (χ0) is 14.4. The van der Waals surface area contributed by atoms with Crippen molar-refractivity contribution in [1.82, 2.24) is 25.5 Å². The molecule has 8 nitrogen and oxygen atoms in total. The number of thioether (sulfide) groups is 1. The largest absolute Gasteiger partial charge is 0.351 e. The van der Waals surface area contributed by atoms with Crippen molar-refractivity contribution in [3.05, 3.63) is 22.4 Å². The van der Waals surface area contributed by atoms with E-state index in [-0.39, 0.29) is 6.42 Å². The molecule has 0 bridgehead atoms. The fourth-order valence-corrected chi connectivity index (χ4v) is 2.88. The molecule has 3 N–H and O–H groups in total. The maximum absolute atomic E-state index is 11.2. The van der Waals surface area contributed by atoms with E-state index in [9.17, 15) is 9.59 Å². The van der Waals surface area contributed by atoms with Crippen LogP contribution in [0, 0.1) is 0 Å². The van der Waals surface area contributed by atoms with Crippen molar-refractivity contribution in [2.45, 2.75) is 18.1 Å². The van der Waals surface area contributed by atoms with Gasteiger partial charge in [0, 0.05) is 17.1 Å². The van der Waals surface area contributed by atoms with Crippen LogP contribution in [0.15, 0.2) is 22.7 Å². The maximum Gasteiger partial charge on any atom is 0.318 e. The van der Waals surface area contributed by atoms with Gasteiger partial charge in [-0.3, -0.25) is 10.1 Å². The topological polar surface area (TPSA) is 116 Å². The van der Waals surface area contributed by atoms with Crippen LogP contribution in [0.4, 0.5) is 4.79 Å². The molecular formula is C10H12N6O2S2. The molecule has 0 spiro atoms. The first-order chi connectivity index (χ1) is 9.65. The average molecular weight is 312 g/mol. The summed E-state index contributed by atoms with van der Waals surface area (Å²) in [6.07, 6.45) is 0.166. The van der Waals surface area contributed by atoms with Gasteiger partial charge in [-0.05, 0) is 21.9 Å². The van der Waals surface area contributed by atoms with E-state index < -0.39 is 11.9 Å². The lowest BCUT2D eigenvalue weighted by Gasteiger charge is -2.02. The summed E-state index contributed by atoms with van der Waals surface area (Å²) in [7, 11) is 0. The third-order valence-corrected chi connectivity index (χ3v) is 4.03. The van der Waals surface area contributed by atoms with E-state index in [4.69, 9.17) is 5.73 Å². The van der Waals surface area contributed by atoms with Gasteiger partial charge in [0.05, 0.1) is 6.54 Å². The van der Waals surface area contributed by atoms with Gasteiger partial charge in [-0.15, -0.1) is 16.4 Å². The average Bonchev–Trinajstić information content (AvgIpc) is 3.01. The number of imide groups is 1. The molecule has 2 heterocycles. The van der Waals surface area contributed by atoms with E-state index in [1.54, 1.807) is 16.0 Å². The quantitative estimate of drug-likeness (QED) is 0.749. The number of rotatable bonds is 6. The van der Waals surface area contributed by atoms with Crippen LogP contribution in [0.1, 0.15) is 11.3 Å². The number of hydrogen-bond donors (Lipinski definition) is 2. The Hall–Kier alpha value is -1.94. The van der Waals surface area contributed by atoms with Crippen molar-refractivity contribution >= 4 is 35.0 Å². The molecule has 0 atom stereocenters. The molecule has 106 valence electrons. The van der Waals surface area contributed by atoms with Gasteiger partial charge in [0.15, 0.2) is 0 Å². The van der Waals surface area contributed by atoms with Crippen LogP contribution in [-0.2, 0) is 11.3 Å². The fourth-order valence-electron chi connectivity index (χ4n) is 1.38. The summed E-state index contributed by atoms with van der Waals surface area (Å²) >= 11 is 2.97. The number of nitrogens with one attached hydrogen (secondary N) is 1. The Balaban J connectivity index is 1.83. The second-order valence-corrected chi connectivity index (χ2v) is 5.80. The summed E-state index contributed by atoms with van der Waals surface area (Å²) in [5.74, 6) is 0.0477. The van der Waals surface area contributed by atoms with E-state index in [0.29, 0.717) is 17.5 Å². The van der Waals surface area contributed by atoms with Crippen LogP contribution in [-0.4, -0.2) is 37.9 Å². The van der Waals surface area contributed by atoms with Crippen LogP contribution >= 0.6 is 23.1 Å². The van der Waals surface area contributed by atoms with E-state index >= 15 is 0 Å². The summed E-state index contributed by atoms with van der Waals surface area (Å²) in [6.45, 7) is 0.598. The Kier molecular flexibility index (Phi) is 5.07. The predicted octanol–water partition coefficient (Wildman–Crippen LogP) is 0.460. The van der Waals surface area contributed by atoms with E-state index in [0.717, 1.165) is 4.88 Å². The molecule has 0 saturated carbocycles. The summed E-state index contributed by atoms with van der Waals surface area (Å²) < 4.78 is 1.67. The maximum atomic E-state index is 11.2. The van der Waals surface area contributed by atoms with Gasteiger partial charge in [0.2, 0.25) is 11.1 Å². The van der Waals surface area contributed by atoms with Crippen molar-refractivity contribution in [2.75, 3.05) is 5.75 Å². The predicted molar refractivity (Wildman–Crippen MR) is 74.3 cm³/mol. The standard InChI is InChI=1S/C10H12N6O2S2/c11-9(18)12-8(17)3-5-20-10-13-14-15-16(10)6-7-2-1-4-19-7/h1-2,4H,3,5-6H2,(H3,11,12,17,18). The van der Waals surface area contributed by atoms with Gasteiger partial charge in [0.1, 0.15) is 0 Å². The minimum absolute atomic E-state index is 0.166. The normalized spacial score (nSPS) is 10.4. The van der Waals surface area contributed by atoms with Crippen molar-refractivity contribution in [2.24, 2.45) is 5.73 Å². The summed E-state index contributed by atoms with van der Waals surface area (Å²) in [5, 5.41) is 16.0. The summed E-state index contributed by atoms with van der Waals surface area (Å²) in [6, 6.07) is 3.12. The Bertz CT molecular complexity index is 582. The molecule has 20 heavy (non-hydrogen) atoms. The summed E-state index contributed by atoms with van der Waals surface area (Å²) in [5.41, 5.74) is 4.85. The van der Waals surface area contributed by atoms with Crippen LogP contribution in [0.5, 0.6) is 0 Å². The lowest BCUT2D eigenvalue weighted by Crippen LogP contribution is -2.35. The van der Waals surface area contributed by atoms with E-state index in [1.807, 2.05) is 22.8 Å². The second kappa shape index (κ2) is 7.01. The second-order valence-electron chi connectivity index (χ2n) is 3.71. The Morgan fingerprint density at radius 1 is 1.50 bits per heavy atom. The minimum Gasteiger partial charge on any atom is -0.351 e. The number of primary amides is 1. The number of amides is 3. The minimum atomic E-state index is -0.845. The fraction of sp³-hybridized carbons (Fsp3) is 0.300. The van der Waals surface area contributed by atoms with E-state index in [1.165, 1.54) is 11.8 Å². The number of aromatic nitrogens is 4. The highest BCUT2D eigenvalue weighted by atomic mass is 32.2. The first-order valence-corrected chi connectivity index (χ1v) is 7.52. The number of carbonyl (C=O) groups excluding carboxylic acids is 2. The van der Waals surface area contributed by atoms with Crippen molar-refractivity contribution in [1.29, 1.82) is 0 Å². The lowest BCUT2D eigenvalue weighted by atomic mass is 10.4. The number of urea groups is 1. The number of hydrogen-bond acceptors (Lipinski definition) is 7. The molecule has 2 aromatic rings. The highest BCUT2D eigenvalue weighted by Crippen LogP contribution is 2.17. The Morgan fingerprint density at radius 2 is 2.35 bits per heavy atom. The lowest BCUT2D eigenvalue weighted by molar-refractivity contribution is -0.119. The third-order valence-electron chi connectivity index (χ3n) is 2.21. The molecule has 0 unspecified atom stereocenters. The van der Waals surface area contributed by atoms with Crippen LogP contribution in [0.25, 0.3) is 0 Å². The van der Waals surface area contributed by atoms with Crippen LogP contribution < -0.4 is 11.1 Å². The zero-order valence-corrected chi connectivity index (χ0v) is 12.0. The number of thiophene rings is 1. The van der Waals surface area contributed by atoms with Gasteiger partial charge in [0.25, 0.3) is 0 Å². The Labute approximate surface area is 122 Å². The smallest absolute Gasteiger partial charge is 0.318 e. The zero-order valence-electron chi connectivity index (χ0n) is 10.4. The first kappa shape index (κ1) is 14.5. The number of carbonyl (C=O) groups is 2. The van der Waals surface area contributed by atoms with Gasteiger partial charge < -0.3 is 5.73 Å². The molecule has 0 fully saturated rings. The Morgan fingerprint density at radius 3 is 3.05 bits per heavy atom. The van der Waals surface area contributed by atoms with Gasteiger partial charge >= 0.3 is 6.03 Å². The first-order valence-electron chi connectivity index (χ1n) is 5.66. The van der Waals surface area contributed by atoms with Gasteiger partial charge in [-0.1, -0.05) is 17.8 Å². The van der Waals surface area contributed by atoms with Crippen molar-refractivity contribution < 1.29 is 9.59 Å². The van der Waals surface area contributed by atoms with Crippen molar-refractivity contribution in [3.63, 3.8) is 0 Å². The van der Waals surface area contributed by atoms with Gasteiger partial charge in [-0.2, -0.15) is 0 Å². The number of nitrogens with two attached hydrogens (primary N) is 1. The van der Waals surface area contributed by atoms with Crippen LogP contribution in [0.2, 0.25) is 0 Å². The molecule has 0 radical (unpaired) electrons. The van der Waals surface area contributed by atoms with E-state index in [2.05, 4.69) is 15.5 Å². The molecule has 2 rings (SSSR count). The molecule has 0 aliphatic rings. The molecule has 2 aromatic heterocycles. The molecule has 0 aliphatic carbocycles. The van der Waals surface area contributed by atoms with Crippen LogP contribution in [0.3, 0.4) is 0 Å². The highest BCUT2D eigenvalue weighted by molar-refractivity contribution is 7.99. The van der Waals surface area contributed by atoms with Crippen molar-refractivity contribution in [3.8, 4) is 0 Å². The number of tetrazole rings is 1. The third kappa shape index (κ3) is 4.31. The molecule has 0 saturated heterocycles. The molecule has 0 aromatic carbocycles. The number of nitrogens with zero attached hydrogens (tertiary/aromatic N) is 4. The summed E-state index contributed by atoms with van der Waals surface area (Å²) in [4.78, 5) is 22.9.